The molecule has 9 heteroatoms. The standard InChI is InChI=1S/CHF3O3S.2Fe/c2-1(3,4)8(5,6)7;;/h(H,5,6,7);;. The van der Waals surface area contributed by atoms with Gasteiger partial charge >= 0.3 is 15.6 Å². The molecule has 0 aliphatic heterocycles. The van der Waals surface area contributed by atoms with Crippen LogP contribution in [-0.4, -0.2) is 18.5 Å². The topological polar surface area (TPSA) is 54.4 Å². The molecule has 0 atom stereocenters. The monoisotopic (exact) mass is 262 g/mol. The van der Waals surface area contributed by atoms with Crippen LogP contribution in [0.5, 0.6) is 0 Å². The van der Waals surface area contributed by atoms with Crippen molar-refractivity contribution in [2.75, 3.05) is 0 Å². The van der Waals surface area contributed by atoms with Crippen LogP contribution in [0.1, 0.15) is 0 Å². The Kier molecular flexibility index (Phi) is 7.79. The molecule has 0 bridgehead atoms. The molecule has 0 aliphatic carbocycles. The quantitative estimate of drug-likeness (QED) is 0.390. The van der Waals surface area contributed by atoms with Crippen molar-refractivity contribution in [2.45, 2.75) is 5.51 Å². The smallest absolute Gasteiger partial charge is 0.279 e. The minimum Gasteiger partial charge on any atom is -0.279 e. The van der Waals surface area contributed by atoms with E-state index in [2.05, 4.69) is 0 Å². The van der Waals surface area contributed by atoms with E-state index in [4.69, 9.17) is 13.0 Å². The summed E-state index contributed by atoms with van der Waals surface area (Å²) in [6, 6.07) is 0. The van der Waals surface area contributed by atoms with Crippen LogP contribution in [0.15, 0.2) is 0 Å². The molecule has 0 amide bonds. The molecule has 66 valence electrons. The van der Waals surface area contributed by atoms with E-state index in [9.17, 15) is 13.2 Å². The Bertz CT molecular complexity index is 171. The summed E-state index contributed by atoms with van der Waals surface area (Å²) in [6.07, 6.45) is 0. The second-order valence-electron chi connectivity index (χ2n) is 0.921. The zero-order chi connectivity index (χ0) is 7.00. The second-order valence-corrected chi connectivity index (χ2v) is 2.33. The van der Waals surface area contributed by atoms with Gasteiger partial charge in [-0.3, -0.25) is 4.55 Å². The Balaban J connectivity index is -0.000000245. The van der Waals surface area contributed by atoms with E-state index >= 15 is 0 Å². The van der Waals surface area contributed by atoms with Crippen molar-refractivity contribution in [3.63, 3.8) is 0 Å². The van der Waals surface area contributed by atoms with Crippen molar-refractivity contribution in [1.29, 1.82) is 0 Å². The van der Waals surface area contributed by atoms with Crippen LogP contribution in [0.4, 0.5) is 13.2 Å². The maximum absolute atomic E-state index is 10.7. The number of hydrogen-bond acceptors (Lipinski definition) is 2. The molecule has 3 nitrogen and oxygen atoms in total. The number of alkyl halides is 3. The number of rotatable bonds is 0. The van der Waals surface area contributed by atoms with Gasteiger partial charge in [-0.05, 0) is 0 Å². The van der Waals surface area contributed by atoms with Crippen LogP contribution >= 0.6 is 0 Å². The van der Waals surface area contributed by atoms with Crippen LogP contribution in [0, 0.1) is 0 Å². The molecule has 0 aliphatic rings. The van der Waals surface area contributed by atoms with Crippen molar-refractivity contribution in [2.24, 2.45) is 0 Å². The van der Waals surface area contributed by atoms with E-state index in [1.807, 2.05) is 0 Å². The average molecular weight is 262 g/mol. The molecule has 0 radical (unpaired) electrons. The van der Waals surface area contributed by atoms with Crippen LogP contribution in [0.3, 0.4) is 0 Å². The molecule has 0 fully saturated rings. The summed E-state index contributed by atoms with van der Waals surface area (Å²) >= 11 is 0. The van der Waals surface area contributed by atoms with E-state index in [1.54, 1.807) is 0 Å². The summed E-state index contributed by atoms with van der Waals surface area (Å²) in [4.78, 5) is 0. The van der Waals surface area contributed by atoms with E-state index in [0.717, 1.165) is 0 Å². The van der Waals surface area contributed by atoms with Crippen LogP contribution < -0.4 is 0 Å². The van der Waals surface area contributed by atoms with Gasteiger partial charge in [0.2, 0.25) is 0 Å². The Morgan fingerprint density at radius 2 is 1.20 bits per heavy atom. The fourth-order valence-electron chi connectivity index (χ4n) is 0. The van der Waals surface area contributed by atoms with E-state index < -0.39 is 15.6 Å². The fourth-order valence-corrected chi connectivity index (χ4v) is 0. The summed E-state index contributed by atoms with van der Waals surface area (Å²) in [5.41, 5.74) is -5.53. The largest absolute Gasteiger partial charge is 0.522 e. The van der Waals surface area contributed by atoms with Gasteiger partial charge in [0.25, 0.3) is 0 Å². The Labute approximate surface area is 76.1 Å². The minimum absolute atomic E-state index is 0. The maximum atomic E-state index is 10.7. The first-order valence-corrected chi connectivity index (χ1v) is 2.73. The molecule has 1 N–H and O–H groups in total. The third kappa shape index (κ3) is 5.52. The Hall–Kier alpha value is 0.739. The average Bonchev–Trinajstić information content (AvgIpc) is 1.25. The third-order valence-electron chi connectivity index (χ3n) is 0.292. The van der Waals surface area contributed by atoms with Gasteiger partial charge in [0, 0.05) is 34.1 Å². The molecule has 0 heterocycles. The maximum Gasteiger partial charge on any atom is 0.522 e. The van der Waals surface area contributed by atoms with Gasteiger partial charge in [-0.2, -0.15) is 21.6 Å². The van der Waals surface area contributed by atoms with Crippen LogP contribution in [-0.2, 0) is 44.3 Å². The van der Waals surface area contributed by atoms with Crippen LogP contribution in [0.25, 0.3) is 0 Å². The molecule has 10 heavy (non-hydrogen) atoms. The first-order chi connectivity index (χ1) is 3.25. The van der Waals surface area contributed by atoms with Crippen molar-refractivity contribution < 1.29 is 60.3 Å². The van der Waals surface area contributed by atoms with Gasteiger partial charge in [0.15, 0.2) is 0 Å². The molecule has 0 aromatic rings. The molecular weight excluding hydrogens is 261 g/mol. The molecule has 0 spiro atoms. The number of halogens is 3. The van der Waals surface area contributed by atoms with Gasteiger partial charge in [0.05, 0.1) is 0 Å². The van der Waals surface area contributed by atoms with Gasteiger partial charge in [-0.1, -0.05) is 0 Å². The molecule has 0 aromatic heterocycles. The molecule has 0 saturated heterocycles. The SMILES string of the molecule is O=S(=O)(O)C(F)(F)F.[Fe].[Fe]. The molecule has 0 saturated carbocycles. The third-order valence-corrected chi connectivity index (χ3v) is 0.877. The first kappa shape index (κ1) is 17.0. The minimum atomic E-state index is -5.84. The second kappa shape index (κ2) is 4.58. The van der Waals surface area contributed by atoms with Crippen molar-refractivity contribution >= 4 is 10.1 Å². The first-order valence-electron chi connectivity index (χ1n) is 1.29. The molecule has 0 rings (SSSR count). The van der Waals surface area contributed by atoms with Gasteiger partial charge in [-0.25, -0.2) is 0 Å². The normalized spacial score (nSPS) is 11.2. The van der Waals surface area contributed by atoms with Crippen molar-refractivity contribution in [3.05, 3.63) is 0 Å². The van der Waals surface area contributed by atoms with Gasteiger partial charge < -0.3 is 0 Å². The van der Waals surface area contributed by atoms with E-state index in [1.165, 1.54) is 0 Å². The molecular formula is CHF3Fe2O3S. The van der Waals surface area contributed by atoms with Crippen molar-refractivity contribution in [1.82, 2.24) is 0 Å². The van der Waals surface area contributed by atoms with E-state index in [0.29, 0.717) is 0 Å². The zero-order valence-electron chi connectivity index (χ0n) is 4.01. The summed E-state index contributed by atoms with van der Waals surface area (Å²) < 4.78 is 57.5. The molecule has 0 unspecified atom stereocenters. The van der Waals surface area contributed by atoms with E-state index in [-0.39, 0.29) is 34.1 Å². The van der Waals surface area contributed by atoms with Crippen molar-refractivity contribution in [3.8, 4) is 0 Å². The Morgan fingerprint density at radius 3 is 1.20 bits per heavy atom. The summed E-state index contributed by atoms with van der Waals surface area (Å²) in [5, 5.41) is 0. The predicted octanol–water partition coefficient (Wildman–Crippen LogP) is 0.389. The fraction of sp³-hybridized carbons (Fsp3) is 1.00. The van der Waals surface area contributed by atoms with Gasteiger partial charge in [0.1, 0.15) is 0 Å². The summed E-state index contributed by atoms with van der Waals surface area (Å²) in [6.45, 7) is 0. The molecule has 0 aromatic carbocycles. The Morgan fingerprint density at radius 1 is 1.10 bits per heavy atom. The van der Waals surface area contributed by atoms with Gasteiger partial charge in [-0.15, -0.1) is 0 Å². The summed E-state index contributed by atoms with van der Waals surface area (Å²) in [5.74, 6) is 0. The summed E-state index contributed by atoms with van der Waals surface area (Å²) in [7, 11) is -5.84. The predicted molar refractivity (Wildman–Crippen MR) is 17.6 cm³/mol. The zero-order valence-corrected chi connectivity index (χ0v) is 7.04. The van der Waals surface area contributed by atoms with Crippen LogP contribution in [0.2, 0.25) is 0 Å². The number of hydrogen-bond donors (Lipinski definition) is 1.